The highest BCUT2D eigenvalue weighted by Crippen LogP contribution is 2.32. The van der Waals surface area contributed by atoms with Crippen molar-refractivity contribution in [2.75, 3.05) is 44.3 Å². The first-order chi connectivity index (χ1) is 21.1. The van der Waals surface area contributed by atoms with Crippen molar-refractivity contribution in [3.63, 3.8) is 0 Å². The Morgan fingerprint density at radius 2 is 1.80 bits per heavy atom. The minimum atomic E-state index is -4.03. The number of anilines is 1. The van der Waals surface area contributed by atoms with E-state index in [0.717, 1.165) is 33.8 Å². The zero-order valence-electron chi connectivity index (χ0n) is 25.1. The molecule has 13 nitrogen and oxygen atoms in total. The first kappa shape index (κ1) is 30.0. The molecule has 234 valence electrons. The normalized spacial score (nSPS) is 17.2. The summed E-state index contributed by atoms with van der Waals surface area (Å²) in [6.45, 7) is 8.40. The monoisotopic (exact) mass is 623 g/mol. The van der Waals surface area contributed by atoms with E-state index in [0.29, 0.717) is 45.0 Å². The lowest BCUT2D eigenvalue weighted by Gasteiger charge is -2.32. The van der Waals surface area contributed by atoms with Crippen molar-refractivity contribution in [3.05, 3.63) is 60.2 Å². The predicted octanol–water partition coefficient (Wildman–Crippen LogP) is 3.64. The number of ether oxygens (including phenoxy) is 3. The Morgan fingerprint density at radius 1 is 1.05 bits per heavy atom. The average molecular weight is 624 g/mol. The van der Waals surface area contributed by atoms with Crippen LogP contribution in [0.1, 0.15) is 50.9 Å². The molecule has 0 spiro atoms. The fraction of sp³-hybridized carbons (Fsp3) is 0.467. The van der Waals surface area contributed by atoms with E-state index in [1.807, 2.05) is 53.5 Å². The number of morpholine rings is 1. The first-order valence-electron chi connectivity index (χ1n) is 14.7. The van der Waals surface area contributed by atoms with Crippen molar-refractivity contribution in [3.8, 4) is 5.88 Å². The molecule has 2 fully saturated rings. The van der Waals surface area contributed by atoms with Gasteiger partial charge in [0, 0.05) is 61.6 Å². The molecule has 1 amide bonds. The van der Waals surface area contributed by atoms with Gasteiger partial charge in [-0.1, -0.05) is 18.2 Å². The average Bonchev–Trinajstić information content (AvgIpc) is 3.43. The molecule has 5 heterocycles. The summed E-state index contributed by atoms with van der Waals surface area (Å²) < 4.78 is 47.8. The highest BCUT2D eigenvalue weighted by atomic mass is 32.2. The highest BCUT2D eigenvalue weighted by Gasteiger charge is 2.33. The van der Waals surface area contributed by atoms with Crippen molar-refractivity contribution in [1.29, 1.82) is 0 Å². The summed E-state index contributed by atoms with van der Waals surface area (Å²) in [5.41, 5.74) is 2.44. The number of para-hydroxylation sites is 1. The molecule has 0 saturated carbocycles. The van der Waals surface area contributed by atoms with Gasteiger partial charge in [0.25, 0.3) is 0 Å². The number of pyridine rings is 1. The summed E-state index contributed by atoms with van der Waals surface area (Å²) in [6, 6.07) is 11.7. The van der Waals surface area contributed by atoms with Crippen molar-refractivity contribution in [1.82, 2.24) is 28.4 Å². The molecule has 0 aliphatic carbocycles. The molecule has 6 rings (SSSR count). The molecular formula is C30H37N7O6S. The number of aromatic nitrogens is 4. The summed E-state index contributed by atoms with van der Waals surface area (Å²) >= 11 is 0. The maximum Gasteiger partial charge on any atom is 0.422 e. The van der Waals surface area contributed by atoms with E-state index in [9.17, 15) is 13.2 Å². The number of nitrogens with zero attached hydrogens (tertiary/aromatic N) is 6. The van der Waals surface area contributed by atoms with Gasteiger partial charge in [0.1, 0.15) is 12.2 Å². The van der Waals surface area contributed by atoms with Crippen LogP contribution in [-0.2, 0) is 26.3 Å². The zero-order valence-corrected chi connectivity index (χ0v) is 25.9. The molecule has 4 aromatic rings. The van der Waals surface area contributed by atoms with Crippen LogP contribution < -0.4 is 14.4 Å². The predicted molar refractivity (Wildman–Crippen MR) is 164 cm³/mol. The standard InChI is InChI=1S/C30H37N7O6S/c1-30(2,3)43-29(38)34-44(39,40)36-12-10-22(11-13-36)25-18-31-27(35-14-16-41-17-15-35)28-32-23(19-37(25)28)20-42-26-9-8-21-6-4-5-7-24(21)33-26/h4-9,18-19,22H,10-17,20H2,1-3H3,(H,34,38). The molecular weight excluding hydrogens is 586 g/mol. The minimum Gasteiger partial charge on any atom is -0.471 e. The molecule has 0 atom stereocenters. The van der Waals surface area contributed by atoms with Gasteiger partial charge in [-0.3, -0.25) is 4.40 Å². The van der Waals surface area contributed by atoms with Crippen LogP contribution in [0, 0.1) is 0 Å². The van der Waals surface area contributed by atoms with Gasteiger partial charge in [0.05, 0.1) is 24.4 Å². The summed E-state index contributed by atoms with van der Waals surface area (Å²) in [5, 5.41) is 1.04. The second-order valence-electron chi connectivity index (χ2n) is 11.9. The number of hydrogen-bond donors (Lipinski definition) is 1. The van der Waals surface area contributed by atoms with Crippen LogP contribution in [0.3, 0.4) is 0 Å². The zero-order chi connectivity index (χ0) is 30.9. The number of amides is 1. The number of carbonyl (C=O) groups is 1. The second-order valence-corrected chi connectivity index (χ2v) is 13.6. The van der Waals surface area contributed by atoms with E-state index in [4.69, 9.17) is 24.2 Å². The molecule has 3 aromatic heterocycles. The SMILES string of the molecule is CC(C)(C)OC(=O)NS(=O)(=O)N1CCC(c2cnc(N3CCOCC3)c3nc(COc4ccc5ccccc5n4)cn23)CC1. The summed E-state index contributed by atoms with van der Waals surface area (Å²) in [6.07, 6.45) is 3.94. The molecule has 2 saturated heterocycles. The molecule has 0 bridgehead atoms. The molecule has 1 N–H and O–H groups in total. The van der Waals surface area contributed by atoms with E-state index < -0.39 is 21.9 Å². The molecule has 1 aromatic carbocycles. The van der Waals surface area contributed by atoms with Crippen LogP contribution >= 0.6 is 0 Å². The van der Waals surface area contributed by atoms with Crippen LogP contribution in [-0.4, -0.2) is 83.2 Å². The Morgan fingerprint density at radius 3 is 2.55 bits per heavy atom. The summed E-state index contributed by atoms with van der Waals surface area (Å²) in [5.74, 6) is 1.32. The summed E-state index contributed by atoms with van der Waals surface area (Å²) in [7, 11) is -4.03. The Balaban J connectivity index is 1.21. The Bertz CT molecular complexity index is 1760. The van der Waals surface area contributed by atoms with Crippen LogP contribution in [0.25, 0.3) is 16.6 Å². The van der Waals surface area contributed by atoms with Crippen molar-refractivity contribution in [2.24, 2.45) is 0 Å². The fourth-order valence-corrected chi connectivity index (χ4v) is 6.61. The van der Waals surface area contributed by atoms with Gasteiger partial charge in [-0.05, 0) is 45.7 Å². The number of hydrogen-bond acceptors (Lipinski definition) is 10. The van der Waals surface area contributed by atoms with E-state index in [1.165, 1.54) is 4.31 Å². The molecule has 2 aliphatic rings. The van der Waals surface area contributed by atoms with Crippen LogP contribution in [0.4, 0.5) is 10.6 Å². The van der Waals surface area contributed by atoms with Crippen LogP contribution in [0.2, 0.25) is 0 Å². The Kier molecular flexibility index (Phi) is 8.31. The molecule has 0 radical (unpaired) electrons. The Labute approximate surface area is 256 Å². The maximum absolute atomic E-state index is 12.9. The van der Waals surface area contributed by atoms with Crippen LogP contribution in [0.5, 0.6) is 5.88 Å². The van der Waals surface area contributed by atoms with Gasteiger partial charge in [0.15, 0.2) is 11.5 Å². The highest BCUT2D eigenvalue weighted by molar-refractivity contribution is 7.87. The molecule has 44 heavy (non-hydrogen) atoms. The van der Waals surface area contributed by atoms with Gasteiger partial charge in [-0.25, -0.2) is 24.5 Å². The maximum atomic E-state index is 12.9. The molecule has 0 unspecified atom stereocenters. The lowest BCUT2D eigenvalue weighted by Crippen LogP contribution is -2.48. The number of rotatable bonds is 7. The number of nitrogens with one attached hydrogen (secondary N) is 1. The largest absolute Gasteiger partial charge is 0.471 e. The number of fused-ring (bicyclic) bond motifs is 2. The van der Waals surface area contributed by atoms with Gasteiger partial charge in [0.2, 0.25) is 5.88 Å². The number of imidazole rings is 1. The van der Waals surface area contributed by atoms with E-state index >= 15 is 0 Å². The minimum absolute atomic E-state index is 0.0295. The smallest absolute Gasteiger partial charge is 0.422 e. The van der Waals surface area contributed by atoms with Gasteiger partial charge < -0.3 is 19.1 Å². The van der Waals surface area contributed by atoms with Gasteiger partial charge >= 0.3 is 16.3 Å². The topological polar surface area (TPSA) is 140 Å². The third-order valence-electron chi connectivity index (χ3n) is 7.63. The van der Waals surface area contributed by atoms with Crippen LogP contribution in [0.15, 0.2) is 48.8 Å². The second kappa shape index (κ2) is 12.2. The lowest BCUT2D eigenvalue weighted by atomic mass is 9.95. The number of piperidine rings is 1. The van der Waals surface area contributed by atoms with Crippen molar-refractivity contribution >= 4 is 38.7 Å². The molecule has 14 heteroatoms. The number of carbonyl (C=O) groups excluding carboxylic acids is 1. The third-order valence-corrected chi connectivity index (χ3v) is 9.10. The number of benzene rings is 1. The molecule has 2 aliphatic heterocycles. The fourth-order valence-electron chi connectivity index (χ4n) is 5.54. The third kappa shape index (κ3) is 6.71. The van der Waals surface area contributed by atoms with E-state index in [2.05, 4.69) is 14.3 Å². The van der Waals surface area contributed by atoms with Crippen molar-refractivity contribution < 1.29 is 27.4 Å². The Hall–Kier alpha value is -4.01. The first-order valence-corrected chi connectivity index (χ1v) is 16.2. The van der Waals surface area contributed by atoms with E-state index in [1.54, 1.807) is 20.8 Å². The quantitative estimate of drug-likeness (QED) is 0.324. The summed E-state index contributed by atoms with van der Waals surface area (Å²) in [4.78, 5) is 28.7. The van der Waals surface area contributed by atoms with Crippen molar-refractivity contribution in [2.45, 2.75) is 51.7 Å². The lowest BCUT2D eigenvalue weighted by molar-refractivity contribution is 0.0566. The van der Waals surface area contributed by atoms with Gasteiger partial charge in [-0.15, -0.1) is 0 Å². The van der Waals surface area contributed by atoms with Gasteiger partial charge in [-0.2, -0.15) is 12.7 Å². The van der Waals surface area contributed by atoms with E-state index in [-0.39, 0.29) is 25.6 Å².